The van der Waals surface area contributed by atoms with Crippen molar-refractivity contribution in [3.05, 3.63) is 95.7 Å². The van der Waals surface area contributed by atoms with Crippen molar-refractivity contribution in [2.75, 3.05) is 19.7 Å². The van der Waals surface area contributed by atoms with Crippen LogP contribution in [-0.2, 0) is 29.2 Å². The smallest absolute Gasteiger partial charge is 0.338 e. The second-order valence-corrected chi connectivity index (χ2v) is 13.4. The third-order valence-electron chi connectivity index (χ3n) is 8.88. The van der Waals surface area contributed by atoms with Gasteiger partial charge in [0.1, 0.15) is 18.0 Å². The quantitative estimate of drug-likeness (QED) is 0.169. The molecule has 0 unspecified atom stereocenters. The van der Waals surface area contributed by atoms with Crippen LogP contribution < -0.4 is 4.74 Å². The van der Waals surface area contributed by atoms with Gasteiger partial charge in [0.2, 0.25) is 5.88 Å². The summed E-state index contributed by atoms with van der Waals surface area (Å²) in [4.78, 5) is 29.6. The number of benzene rings is 2. The molecular formula is C37H41N5O4. The summed E-state index contributed by atoms with van der Waals surface area (Å²) < 4.78 is 19.8. The Labute approximate surface area is 269 Å². The van der Waals surface area contributed by atoms with Crippen LogP contribution in [0.2, 0.25) is 0 Å². The van der Waals surface area contributed by atoms with Gasteiger partial charge in [-0.25, -0.2) is 14.8 Å². The number of likely N-dealkylation sites (tertiary alicyclic amines) is 1. The minimum Gasteiger partial charge on any atom is -0.473 e. The molecule has 0 N–H and O–H groups in total. The Morgan fingerprint density at radius 1 is 0.978 bits per heavy atom. The fourth-order valence-electron chi connectivity index (χ4n) is 6.36. The van der Waals surface area contributed by atoms with Crippen molar-refractivity contribution in [3.8, 4) is 5.88 Å². The first-order chi connectivity index (χ1) is 22.3. The lowest BCUT2D eigenvalue weighted by atomic mass is 9.93. The fraction of sp³-hybridized carbons (Fsp3) is 0.405. The highest BCUT2D eigenvalue weighted by Crippen LogP contribution is 2.30. The summed E-state index contributed by atoms with van der Waals surface area (Å²) in [7, 11) is 0. The molecular weight excluding hydrogens is 578 g/mol. The lowest BCUT2D eigenvalue weighted by Gasteiger charge is -2.32. The number of carbonyl (C=O) groups is 1. The second kappa shape index (κ2) is 12.8. The van der Waals surface area contributed by atoms with Crippen LogP contribution in [0.5, 0.6) is 5.88 Å². The standard InChI is InChI=1S/C37H41N5O4/c1-37(2,3)46-36(43)26-11-12-32-33(19-26)42(22-29-15-18-44-29)34(39-32)23-41-16-13-25(14-17-41)31-9-6-10-35(40-31)45-24-28-21-38-20-27-7-4-5-8-30(27)28/h4-12,19-21,25,29H,13-18,22-24H2,1-3H3/t29-/m0/s1. The van der Waals surface area contributed by atoms with Crippen molar-refractivity contribution in [2.45, 2.75) is 77.4 Å². The van der Waals surface area contributed by atoms with Gasteiger partial charge in [-0.05, 0) is 82.8 Å². The number of rotatable bonds is 9. The number of esters is 1. The van der Waals surface area contributed by atoms with Crippen molar-refractivity contribution in [2.24, 2.45) is 0 Å². The Balaban J connectivity index is 1.02. The number of fused-ring (bicyclic) bond motifs is 2. The number of pyridine rings is 2. The van der Waals surface area contributed by atoms with Crippen LogP contribution in [-0.4, -0.2) is 61.8 Å². The van der Waals surface area contributed by atoms with Crippen molar-refractivity contribution < 1.29 is 19.0 Å². The number of aromatic nitrogens is 4. The maximum atomic E-state index is 12.8. The SMILES string of the molecule is CC(C)(C)OC(=O)c1ccc2nc(CN3CCC(c4cccc(OCc5cncc6ccccc56)n4)CC3)n(C[C@@H]3CCO3)c2c1. The van der Waals surface area contributed by atoms with Gasteiger partial charge < -0.3 is 18.8 Å². The molecule has 2 fully saturated rings. The predicted molar refractivity (Wildman–Crippen MR) is 177 cm³/mol. The molecule has 5 aromatic rings. The van der Waals surface area contributed by atoms with Crippen molar-refractivity contribution in [3.63, 3.8) is 0 Å². The van der Waals surface area contributed by atoms with Crippen LogP contribution >= 0.6 is 0 Å². The Morgan fingerprint density at radius 3 is 2.59 bits per heavy atom. The molecule has 238 valence electrons. The van der Waals surface area contributed by atoms with E-state index in [1.807, 2.05) is 75.6 Å². The second-order valence-electron chi connectivity index (χ2n) is 13.4. The lowest BCUT2D eigenvalue weighted by Crippen LogP contribution is -2.35. The van der Waals surface area contributed by atoms with Gasteiger partial charge in [0.25, 0.3) is 0 Å². The zero-order valence-corrected chi connectivity index (χ0v) is 26.8. The highest BCUT2D eigenvalue weighted by molar-refractivity contribution is 5.94. The van der Waals surface area contributed by atoms with Gasteiger partial charge in [0, 0.05) is 47.6 Å². The number of ether oxygens (including phenoxy) is 3. The first-order valence-electron chi connectivity index (χ1n) is 16.3. The van der Waals surface area contributed by atoms with Gasteiger partial charge in [-0.3, -0.25) is 9.88 Å². The summed E-state index contributed by atoms with van der Waals surface area (Å²) in [5, 5.41) is 2.26. The Hall–Kier alpha value is -4.34. The molecule has 2 aliphatic rings. The monoisotopic (exact) mass is 619 g/mol. The molecule has 2 aliphatic heterocycles. The summed E-state index contributed by atoms with van der Waals surface area (Å²) in [6, 6.07) is 20.0. The average molecular weight is 620 g/mol. The molecule has 46 heavy (non-hydrogen) atoms. The summed E-state index contributed by atoms with van der Waals surface area (Å²) in [6.45, 7) is 10.2. The van der Waals surface area contributed by atoms with E-state index in [0.717, 1.165) is 90.9 Å². The molecule has 0 bridgehead atoms. The molecule has 0 saturated carbocycles. The predicted octanol–water partition coefficient (Wildman–Crippen LogP) is 6.68. The van der Waals surface area contributed by atoms with Crippen LogP contribution in [0.25, 0.3) is 21.8 Å². The summed E-state index contributed by atoms with van der Waals surface area (Å²) in [5.41, 5.74) is 3.95. The van der Waals surface area contributed by atoms with E-state index in [-0.39, 0.29) is 12.1 Å². The molecule has 0 aliphatic carbocycles. The van der Waals surface area contributed by atoms with E-state index in [9.17, 15) is 4.79 Å². The highest BCUT2D eigenvalue weighted by atomic mass is 16.6. The van der Waals surface area contributed by atoms with Crippen LogP contribution in [0.15, 0.2) is 73.1 Å². The molecule has 5 heterocycles. The number of nitrogens with zero attached hydrogens (tertiary/aromatic N) is 5. The van der Waals surface area contributed by atoms with Crippen molar-refractivity contribution >= 4 is 27.8 Å². The molecule has 3 aromatic heterocycles. The number of piperidine rings is 1. The summed E-state index contributed by atoms with van der Waals surface area (Å²) in [6.07, 6.45) is 6.98. The van der Waals surface area contributed by atoms with E-state index in [2.05, 4.69) is 32.7 Å². The van der Waals surface area contributed by atoms with Gasteiger partial charge in [0.05, 0.1) is 35.8 Å². The molecule has 7 rings (SSSR count). The van der Waals surface area contributed by atoms with Gasteiger partial charge in [-0.15, -0.1) is 0 Å². The average Bonchev–Trinajstić information content (AvgIpc) is 3.37. The Kier molecular flexibility index (Phi) is 8.44. The normalized spacial score (nSPS) is 17.7. The first kappa shape index (κ1) is 30.3. The largest absolute Gasteiger partial charge is 0.473 e. The van der Waals surface area contributed by atoms with E-state index >= 15 is 0 Å². The minimum absolute atomic E-state index is 0.171. The lowest BCUT2D eigenvalue weighted by molar-refractivity contribution is -0.0592. The van der Waals surface area contributed by atoms with Crippen LogP contribution in [0.4, 0.5) is 0 Å². The zero-order chi connectivity index (χ0) is 31.7. The van der Waals surface area contributed by atoms with Gasteiger partial charge >= 0.3 is 5.97 Å². The van der Waals surface area contributed by atoms with E-state index in [1.165, 1.54) is 0 Å². The molecule has 1 atom stereocenters. The number of carbonyl (C=O) groups excluding carboxylic acids is 1. The number of imidazole rings is 1. The van der Waals surface area contributed by atoms with Gasteiger partial charge in [-0.1, -0.05) is 30.3 Å². The van der Waals surface area contributed by atoms with Gasteiger partial charge in [0.15, 0.2) is 0 Å². The maximum absolute atomic E-state index is 12.8. The summed E-state index contributed by atoms with van der Waals surface area (Å²) in [5.74, 6) is 1.70. The van der Waals surface area contributed by atoms with E-state index in [4.69, 9.17) is 24.2 Å². The van der Waals surface area contributed by atoms with E-state index in [1.54, 1.807) is 0 Å². The Bertz CT molecular complexity index is 1850. The van der Waals surface area contributed by atoms with E-state index in [0.29, 0.717) is 24.0 Å². The summed E-state index contributed by atoms with van der Waals surface area (Å²) >= 11 is 0. The third kappa shape index (κ3) is 6.76. The first-order valence-corrected chi connectivity index (χ1v) is 16.3. The zero-order valence-electron chi connectivity index (χ0n) is 26.8. The van der Waals surface area contributed by atoms with Crippen molar-refractivity contribution in [1.29, 1.82) is 0 Å². The van der Waals surface area contributed by atoms with Crippen LogP contribution in [0.3, 0.4) is 0 Å². The molecule has 0 radical (unpaired) electrons. The molecule has 9 nitrogen and oxygen atoms in total. The van der Waals surface area contributed by atoms with Crippen LogP contribution in [0.1, 0.15) is 73.4 Å². The maximum Gasteiger partial charge on any atom is 0.338 e. The molecule has 9 heteroatoms. The number of hydrogen-bond acceptors (Lipinski definition) is 8. The topological polar surface area (TPSA) is 91.6 Å². The van der Waals surface area contributed by atoms with E-state index < -0.39 is 5.60 Å². The third-order valence-corrected chi connectivity index (χ3v) is 8.88. The Morgan fingerprint density at radius 2 is 1.80 bits per heavy atom. The number of hydrogen-bond donors (Lipinski definition) is 0. The van der Waals surface area contributed by atoms with Crippen molar-refractivity contribution in [1.82, 2.24) is 24.4 Å². The minimum atomic E-state index is -0.553. The highest BCUT2D eigenvalue weighted by Gasteiger charge is 2.27. The molecule has 2 aromatic carbocycles. The van der Waals surface area contributed by atoms with Crippen LogP contribution in [0, 0.1) is 0 Å². The fourth-order valence-corrected chi connectivity index (χ4v) is 6.36. The molecule has 0 spiro atoms. The van der Waals surface area contributed by atoms with Gasteiger partial charge in [-0.2, -0.15) is 0 Å². The molecule has 2 saturated heterocycles. The molecule has 0 amide bonds.